The van der Waals surface area contributed by atoms with Crippen molar-refractivity contribution in [3.63, 3.8) is 0 Å². The summed E-state index contributed by atoms with van der Waals surface area (Å²) < 4.78 is 0. The molecule has 0 aromatic heterocycles. The van der Waals surface area contributed by atoms with Crippen molar-refractivity contribution in [1.29, 1.82) is 0 Å². The zero-order chi connectivity index (χ0) is 15.4. The van der Waals surface area contributed by atoms with Gasteiger partial charge in [-0.3, -0.25) is 5.32 Å². The maximum atomic E-state index is 3.77. The molecule has 2 saturated heterocycles. The lowest BCUT2D eigenvalue weighted by atomic mass is 9.77. The summed E-state index contributed by atoms with van der Waals surface area (Å²) >= 11 is 0. The topological polar surface area (TPSA) is 18.5 Å². The highest BCUT2D eigenvalue weighted by Crippen LogP contribution is 2.44. The van der Waals surface area contributed by atoms with E-state index in [0.717, 1.165) is 18.9 Å². The molecule has 3 heteroatoms. The lowest BCUT2D eigenvalue weighted by Crippen LogP contribution is -2.56. The van der Waals surface area contributed by atoms with Gasteiger partial charge in [0.15, 0.2) is 0 Å². The monoisotopic (exact) mass is 307 g/mol. The predicted molar refractivity (Wildman–Crippen MR) is 93.1 cm³/mol. The van der Waals surface area contributed by atoms with Crippen LogP contribution in [0.4, 0.5) is 0 Å². The molecule has 2 fully saturated rings. The van der Waals surface area contributed by atoms with E-state index >= 15 is 0 Å². The van der Waals surface area contributed by atoms with E-state index in [0.29, 0.717) is 18.1 Å². The smallest absolute Gasteiger partial charge is 0.0990 e. The van der Waals surface area contributed by atoms with E-state index in [-0.39, 0.29) is 0 Å². The van der Waals surface area contributed by atoms with Gasteiger partial charge in [0.25, 0.3) is 0 Å². The number of likely N-dealkylation sites (tertiary alicyclic amines) is 1. The van der Waals surface area contributed by atoms with Crippen molar-refractivity contribution < 1.29 is 0 Å². The van der Waals surface area contributed by atoms with Gasteiger partial charge in [-0.15, -0.1) is 0 Å². The Hall–Kier alpha value is -1.58. The second-order valence-corrected chi connectivity index (χ2v) is 7.59. The van der Waals surface area contributed by atoms with E-state index < -0.39 is 0 Å². The molecule has 0 aliphatic carbocycles. The quantitative estimate of drug-likeness (QED) is 0.794. The molecule has 1 aromatic carbocycles. The van der Waals surface area contributed by atoms with Gasteiger partial charge in [-0.2, -0.15) is 0 Å². The van der Waals surface area contributed by atoms with Gasteiger partial charge in [0, 0.05) is 37.2 Å². The molecule has 4 heterocycles. The number of nitrogens with one attached hydrogen (secondary N) is 1. The van der Waals surface area contributed by atoms with E-state index in [4.69, 9.17) is 0 Å². The molecule has 0 radical (unpaired) electrons. The Morgan fingerprint density at radius 2 is 2.09 bits per heavy atom. The fourth-order valence-electron chi connectivity index (χ4n) is 5.31. The Labute approximate surface area is 138 Å². The van der Waals surface area contributed by atoms with Gasteiger partial charge >= 0.3 is 0 Å². The largest absolute Gasteiger partial charge is 0.352 e. The van der Waals surface area contributed by atoms with E-state index in [1.54, 1.807) is 5.56 Å². The van der Waals surface area contributed by atoms with Gasteiger partial charge < -0.3 is 9.80 Å². The summed E-state index contributed by atoms with van der Waals surface area (Å²) in [6.07, 6.45) is 9.67. The van der Waals surface area contributed by atoms with Crippen LogP contribution in [0.15, 0.2) is 48.2 Å². The molecule has 1 aromatic rings. The molecule has 4 aliphatic heterocycles. The molecule has 4 unspecified atom stereocenters. The summed E-state index contributed by atoms with van der Waals surface area (Å²) in [5, 5.41) is 3.77. The third kappa shape index (κ3) is 2.10. The van der Waals surface area contributed by atoms with Gasteiger partial charge in [0.05, 0.1) is 6.17 Å². The molecule has 5 rings (SSSR count). The van der Waals surface area contributed by atoms with E-state index in [1.807, 2.05) is 0 Å². The minimum atomic E-state index is 0.380. The molecule has 4 atom stereocenters. The molecule has 1 N–H and O–H groups in total. The zero-order valence-electron chi connectivity index (χ0n) is 13.8. The zero-order valence-corrected chi connectivity index (χ0v) is 13.8. The Kier molecular flexibility index (Phi) is 3.14. The van der Waals surface area contributed by atoms with Crippen LogP contribution in [-0.4, -0.2) is 48.7 Å². The highest BCUT2D eigenvalue weighted by Gasteiger charge is 2.46. The number of hydrogen-bond donors (Lipinski definition) is 1. The molecule has 0 spiro atoms. The van der Waals surface area contributed by atoms with Crippen LogP contribution in [-0.2, 0) is 6.42 Å². The Morgan fingerprint density at radius 3 is 3.04 bits per heavy atom. The second kappa shape index (κ2) is 5.22. The van der Waals surface area contributed by atoms with Crippen molar-refractivity contribution in [2.45, 2.75) is 31.0 Å². The van der Waals surface area contributed by atoms with Crippen LogP contribution in [0.25, 0.3) is 0 Å². The van der Waals surface area contributed by atoms with Gasteiger partial charge in [0.2, 0.25) is 0 Å². The Bertz CT molecular complexity index is 677. The summed E-state index contributed by atoms with van der Waals surface area (Å²) in [6, 6.07) is 9.79. The van der Waals surface area contributed by atoms with Crippen LogP contribution >= 0.6 is 0 Å². The number of nitrogens with zero attached hydrogens (tertiary/aromatic N) is 2. The Balaban J connectivity index is 1.70. The standard InChI is InChI=1S/C20H25N3/c1-22-12-15-9-10-21-19-8-4-6-16-11-14-5-2-3-7-17(14)18(13-22)20(15)23(16)19/h2-8,15,18-21H,9-13H2,1H3. The molecule has 3 nitrogen and oxygen atoms in total. The number of rotatable bonds is 0. The highest BCUT2D eigenvalue weighted by molar-refractivity contribution is 5.41. The summed E-state index contributed by atoms with van der Waals surface area (Å²) in [5.41, 5.74) is 4.62. The van der Waals surface area contributed by atoms with Crippen LogP contribution in [0.2, 0.25) is 0 Å². The van der Waals surface area contributed by atoms with Gasteiger partial charge in [-0.25, -0.2) is 0 Å². The Morgan fingerprint density at radius 1 is 1.17 bits per heavy atom. The molecular formula is C20H25N3. The molecule has 0 saturated carbocycles. The van der Waals surface area contributed by atoms with Gasteiger partial charge in [-0.05, 0) is 49.2 Å². The summed E-state index contributed by atoms with van der Waals surface area (Å²) in [4.78, 5) is 5.28. The first-order valence-corrected chi connectivity index (χ1v) is 8.97. The minimum absolute atomic E-state index is 0.380. The minimum Gasteiger partial charge on any atom is -0.352 e. The SMILES string of the molecule is CN1CC2CCNC3C=CC=C4Cc5ccccc5C(C1)C2N43. The maximum Gasteiger partial charge on any atom is 0.0990 e. The number of benzene rings is 1. The van der Waals surface area contributed by atoms with Crippen molar-refractivity contribution in [2.24, 2.45) is 5.92 Å². The molecule has 0 bridgehead atoms. The van der Waals surface area contributed by atoms with Crippen LogP contribution in [0, 0.1) is 5.92 Å². The molecule has 23 heavy (non-hydrogen) atoms. The fourth-order valence-corrected chi connectivity index (χ4v) is 5.31. The number of allylic oxidation sites excluding steroid dienone is 3. The number of fused-ring (bicyclic) bond motifs is 2. The molecular weight excluding hydrogens is 282 g/mol. The average molecular weight is 307 g/mol. The van der Waals surface area contributed by atoms with Crippen molar-refractivity contribution in [1.82, 2.24) is 15.1 Å². The van der Waals surface area contributed by atoms with Crippen molar-refractivity contribution in [3.8, 4) is 0 Å². The third-order valence-electron chi connectivity index (χ3n) is 6.18. The van der Waals surface area contributed by atoms with Crippen LogP contribution in [0.5, 0.6) is 0 Å². The first-order valence-electron chi connectivity index (χ1n) is 8.97. The second-order valence-electron chi connectivity index (χ2n) is 7.59. The van der Waals surface area contributed by atoms with Crippen molar-refractivity contribution in [3.05, 3.63) is 59.3 Å². The summed E-state index contributed by atoms with van der Waals surface area (Å²) in [6.45, 7) is 3.53. The molecule has 4 aliphatic rings. The van der Waals surface area contributed by atoms with E-state index in [2.05, 4.69) is 64.7 Å². The van der Waals surface area contributed by atoms with E-state index in [9.17, 15) is 0 Å². The van der Waals surface area contributed by atoms with Crippen LogP contribution in [0.1, 0.15) is 23.5 Å². The van der Waals surface area contributed by atoms with Crippen molar-refractivity contribution >= 4 is 0 Å². The number of piperidine rings is 1. The van der Waals surface area contributed by atoms with Crippen LogP contribution < -0.4 is 5.32 Å². The maximum absolute atomic E-state index is 3.77. The lowest BCUT2D eigenvalue weighted by Gasteiger charge is -2.49. The fraction of sp³-hybridized carbons (Fsp3) is 0.500. The highest BCUT2D eigenvalue weighted by atomic mass is 15.3. The molecule has 120 valence electrons. The normalized spacial score (nSPS) is 35.7. The third-order valence-corrected chi connectivity index (χ3v) is 6.18. The van der Waals surface area contributed by atoms with Gasteiger partial charge in [-0.1, -0.05) is 30.3 Å². The predicted octanol–water partition coefficient (Wildman–Crippen LogP) is 2.33. The van der Waals surface area contributed by atoms with Crippen molar-refractivity contribution in [2.75, 3.05) is 26.7 Å². The first-order chi connectivity index (χ1) is 11.3. The first kappa shape index (κ1) is 13.8. The number of hydrogen-bond acceptors (Lipinski definition) is 3. The van der Waals surface area contributed by atoms with Gasteiger partial charge in [0.1, 0.15) is 0 Å². The lowest BCUT2D eigenvalue weighted by molar-refractivity contribution is 0.0629. The van der Waals surface area contributed by atoms with Crippen LogP contribution in [0.3, 0.4) is 0 Å². The number of likely N-dealkylation sites (N-methyl/N-ethyl adjacent to an activating group) is 1. The molecule has 0 amide bonds. The summed E-state index contributed by atoms with van der Waals surface area (Å²) in [5.74, 6) is 1.37. The van der Waals surface area contributed by atoms with E-state index in [1.165, 1.54) is 30.8 Å². The average Bonchev–Trinajstić information content (AvgIpc) is 2.82. The summed E-state index contributed by atoms with van der Waals surface area (Å²) in [7, 11) is 2.30.